The summed E-state index contributed by atoms with van der Waals surface area (Å²) in [5.74, 6) is -0.0397. The predicted molar refractivity (Wildman–Crippen MR) is 113 cm³/mol. The van der Waals surface area contributed by atoms with Gasteiger partial charge in [0, 0.05) is 34.5 Å². The summed E-state index contributed by atoms with van der Waals surface area (Å²) in [6.45, 7) is 1.01. The molecule has 1 amide bonds. The van der Waals surface area contributed by atoms with Crippen LogP contribution < -0.4 is 5.32 Å². The lowest BCUT2D eigenvalue weighted by atomic mass is 9.96. The number of fused-ring (bicyclic) bond motifs is 3. The topological polar surface area (TPSA) is 45.5 Å². The van der Waals surface area contributed by atoms with Crippen LogP contribution in [0.3, 0.4) is 0 Å². The van der Waals surface area contributed by atoms with Gasteiger partial charge < -0.3 is 9.73 Å². The molecule has 28 heavy (non-hydrogen) atoms. The molecule has 4 nitrogen and oxygen atoms in total. The number of piperidine rings is 1. The van der Waals surface area contributed by atoms with E-state index >= 15 is 0 Å². The number of hydrogen-bond acceptors (Lipinski definition) is 3. The van der Waals surface area contributed by atoms with E-state index < -0.39 is 0 Å². The van der Waals surface area contributed by atoms with Gasteiger partial charge in [-0.25, -0.2) is 0 Å². The summed E-state index contributed by atoms with van der Waals surface area (Å²) in [5.41, 5.74) is 2.63. The second-order valence-corrected chi connectivity index (χ2v) is 8.89. The summed E-state index contributed by atoms with van der Waals surface area (Å²) in [6, 6.07) is 17.7. The summed E-state index contributed by atoms with van der Waals surface area (Å²) in [6.07, 6.45) is 6.12. The minimum Gasteiger partial charge on any atom is -0.464 e. The van der Waals surface area contributed by atoms with Crippen molar-refractivity contribution in [1.29, 1.82) is 0 Å². The minimum absolute atomic E-state index is 0.0397. The van der Waals surface area contributed by atoms with E-state index in [-0.39, 0.29) is 11.9 Å². The van der Waals surface area contributed by atoms with Crippen molar-refractivity contribution in [2.75, 3.05) is 0 Å². The Kier molecular flexibility index (Phi) is 4.73. The molecule has 144 valence electrons. The fourth-order valence-electron chi connectivity index (χ4n) is 4.92. The van der Waals surface area contributed by atoms with Crippen molar-refractivity contribution in [2.24, 2.45) is 0 Å². The first-order chi connectivity index (χ1) is 13.7. The molecule has 3 heterocycles. The van der Waals surface area contributed by atoms with Crippen molar-refractivity contribution in [3.8, 4) is 0 Å². The fraction of sp³-hybridized carbons (Fsp3) is 0.348. The number of rotatable bonds is 4. The Labute approximate surface area is 173 Å². The predicted octanol–water partition coefficient (Wildman–Crippen LogP) is 5.12. The van der Waals surface area contributed by atoms with Crippen molar-refractivity contribution in [2.45, 2.75) is 50.4 Å². The monoisotopic (exact) mass is 438 g/mol. The molecule has 2 aliphatic heterocycles. The molecule has 3 aromatic rings. The smallest absolute Gasteiger partial charge is 0.255 e. The fourth-order valence-corrected chi connectivity index (χ4v) is 5.40. The van der Waals surface area contributed by atoms with E-state index in [1.54, 1.807) is 6.26 Å². The van der Waals surface area contributed by atoms with Gasteiger partial charge in [0.05, 0.1) is 11.8 Å². The highest BCUT2D eigenvalue weighted by Crippen LogP contribution is 2.37. The Morgan fingerprint density at radius 3 is 2.61 bits per heavy atom. The highest BCUT2D eigenvalue weighted by atomic mass is 79.9. The van der Waals surface area contributed by atoms with Crippen LogP contribution in [0.4, 0.5) is 0 Å². The number of benzene rings is 2. The van der Waals surface area contributed by atoms with Crippen molar-refractivity contribution in [1.82, 2.24) is 10.2 Å². The number of carbonyl (C=O) groups is 1. The summed E-state index contributed by atoms with van der Waals surface area (Å²) in [4.78, 5) is 15.6. The van der Waals surface area contributed by atoms with E-state index in [9.17, 15) is 4.79 Å². The van der Waals surface area contributed by atoms with Gasteiger partial charge in [-0.3, -0.25) is 9.69 Å². The molecular weight excluding hydrogens is 416 g/mol. The molecule has 0 radical (unpaired) electrons. The van der Waals surface area contributed by atoms with Gasteiger partial charge in [-0.1, -0.05) is 46.3 Å². The maximum Gasteiger partial charge on any atom is 0.255 e. The number of nitrogens with one attached hydrogen (secondary N) is 1. The Morgan fingerprint density at radius 2 is 1.86 bits per heavy atom. The van der Waals surface area contributed by atoms with Crippen LogP contribution in [0.5, 0.6) is 0 Å². The molecule has 2 saturated heterocycles. The molecule has 1 aromatic heterocycles. The van der Waals surface area contributed by atoms with E-state index in [4.69, 9.17) is 4.42 Å². The summed E-state index contributed by atoms with van der Waals surface area (Å²) in [5, 5.41) is 4.23. The third-order valence-electron chi connectivity index (χ3n) is 6.19. The van der Waals surface area contributed by atoms with Crippen LogP contribution in [0.1, 0.15) is 41.6 Å². The molecule has 5 rings (SSSR count). The SMILES string of the molecule is O=C(NC1CC2CCC(C1)N2Cc1ccccc1)c1cc(Br)cc2ccoc12. The zero-order valence-electron chi connectivity index (χ0n) is 15.6. The van der Waals surface area contributed by atoms with Crippen LogP contribution in [-0.4, -0.2) is 28.9 Å². The van der Waals surface area contributed by atoms with E-state index in [2.05, 4.69) is 56.5 Å². The average Bonchev–Trinajstić information content (AvgIpc) is 3.24. The molecule has 2 unspecified atom stereocenters. The van der Waals surface area contributed by atoms with Crippen LogP contribution in [-0.2, 0) is 6.54 Å². The number of furan rings is 1. The van der Waals surface area contributed by atoms with Crippen LogP contribution in [0.2, 0.25) is 0 Å². The second kappa shape index (κ2) is 7.37. The molecule has 1 N–H and O–H groups in total. The van der Waals surface area contributed by atoms with E-state index in [1.165, 1.54) is 18.4 Å². The van der Waals surface area contributed by atoms with Crippen LogP contribution in [0.25, 0.3) is 11.0 Å². The number of hydrogen-bond donors (Lipinski definition) is 1. The highest BCUT2D eigenvalue weighted by Gasteiger charge is 2.41. The van der Waals surface area contributed by atoms with Crippen LogP contribution in [0, 0.1) is 0 Å². The van der Waals surface area contributed by atoms with Crippen molar-refractivity contribution >= 4 is 32.8 Å². The number of amides is 1. The molecule has 2 aliphatic rings. The van der Waals surface area contributed by atoms with Gasteiger partial charge in [0.15, 0.2) is 0 Å². The van der Waals surface area contributed by atoms with Gasteiger partial charge in [0.1, 0.15) is 5.58 Å². The van der Waals surface area contributed by atoms with E-state index in [0.717, 1.165) is 29.2 Å². The highest BCUT2D eigenvalue weighted by molar-refractivity contribution is 9.10. The average molecular weight is 439 g/mol. The van der Waals surface area contributed by atoms with Gasteiger partial charge in [0.25, 0.3) is 5.91 Å². The Bertz CT molecular complexity index is 986. The lowest BCUT2D eigenvalue weighted by molar-refractivity contribution is 0.0828. The largest absolute Gasteiger partial charge is 0.464 e. The molecule has 0 saturated carbocycles. The van der Waals surface area contributed by atoms with Crippen LogP contribution in [0.15, 0.2) is 63.7 Å². The van der Waals surface area contributed by atoms with Crippen molar-refractivity contribution < 1.29 is 9.21 Å². The molecular formula is C23H23BrN2O2. The minimum atomic E-state index is -0.0397. The van der Waals surface area contributed by atoms with E-state index in [0.29, 0.717) is 23.2 Å². The normalized spacial score (nSPS) is 24.5. The zero-order valence-corrected chi connectivity index (χ0v) is 17.2. The van der Waals surface area contributed by atoms with Crippen LogP contribution >= 0.6 is 15.9 Å². The number of halogens is 1. The quantitative estimate of drug-likeness (QED) is 0.614. The van der Waals surface area contributed by atoms with Gasteiger partial charge in [-0.05, 0) is 49.4 Å². The third-order valence-corrected chi connectivity index (χ3v) is 6.65. The van der Waals surface area contributed by atoms with Gasteiger partial charge in [0.2, 0.25) is 0 Å². The van der Waals surface area contributed by atoms with Gasteiger partial charge in [-0.15, -0.1) is 0 Å². The maximum atomic E-state index is 13.0. The molecule has 5 heteroatoms. The Hall–Kier alpha value is -2.11. The molecule has 2 fully saturated rings. The second-order valence-electron chi connectivity index (χ2n) is 7.98. The molecule has 0 spiro atoms. The molecule has 2 atom stereocenters. The van der Waals surface area contributed by atoms with Gasteiger partial charge in [-0.2, -0.15) is 0 Å². The van der Waals surface area contributed by atoms with Gasteiger partial charge >= 0.3 is 0 Å². The van der Waals surface area contributed by atoms with Crippen molar-refractivity contribution in [3.63, 3.8) is 0 Å². The summed E-state index contributed by atoms with van der Waals surface area (Å²) < 4.78 is 6.46. The summed E-state index contributed by atoms with van der Waals surface area (Å²) >= 11 is 3.50. The molecule has 0 aliphatic carbocycles. The number of nitrogens with zero attached hydrogens (tertiary/aromatic N) is 1. The Morgan fingerprint density at radius 1 is 1.11 bits per heavy atom. The lowest BCUT2D eigenvalue weighted by Crippen LogP contribution is -2.50. The molecule has 2 aromatic carbocycles. The van der Waals surface area contributed by atoms with Crippen molar-refractivity contribution in [3.05, 3.63) is 70.4 Å². The first kappa shape index (κ1) is 18.0. The standard InChI is InChI=1S/C23H23BrN2O2/c24-17-10-16-8-9-28-22(16)21(11-17)23(27)25-18-12-19-6-7-20(13-18)26(19)14-15-4-2-1-3-5-15/h1-5,8-11,18-20H,6-7,12-14H2,(H,25,27). The maximum absolute atomic E-state index is 13.0. The third kappa shape index (κ3) is 3.38. The zero-order chi connectivity index (χ0) is 19.1. The first-order valence-corrected chi connectivity index (χ1v) is 10.7. The Balaban J connectivity index is 1.29. The van der Waals surface area contributed by atoms with E-state index in [1.807, 2.05) is 18.2 Å². The summed E-state index contributed by atoms with van der Waals surface area (Å²) in [7, 11) is 0. The molecule has 2 bridgehead atoms. The number of carbonyl (C=O) groups excluding carboxylic acids is 1. The lowest BCUT2D eigenvalue weighted by Gasteiger charge is -2.39. The first-order valence-electron chi connectivity index (χ1n) is 9.94.